The van der Waals surface area contributed by atoms with Crippen LogP contribution in [0.3, 0.4) is 0 Å². The summed E-state index contributed by atoms with van der Waals surface area (Å²) in [6, 6.07) is 9.90. The lowest BCUT2D eigenvalue weighted by atomic mass is 10.2. The molecule has 0 saturated carbocycles. The number of para-hydroxylation sites is 1. The fraction of sp³-hybridized carbons (Fsp3) is 0.500. The molecular weight excluding hydrogens is 336 g/mol. The minimum absolute atomic E-state index is 0.337. The summed E-state index contributed by atoms with van der Waals surface area (Å²) in [5.41, 5.74) is 3.79. The van der Waals surface area contributed by atoms with Gasteiger partial charge in [-0.3, -0.25) is 0 Å². The highest BCUT2D eigenvalue weighted by Crippen LogP contribution is 2.22. The van der Waals surface area contributed by atoms with E-state index < -0.39 is 10.2 Å². The Morgan fingerprint density at radius 3 is 2.36 bits per heavy atom. The molecule has 1 aromatic carbocycles. The zero-order valence-corrected chi connectivity index (χ0v) is 16.0. The van der Waals surface area contributed by atoms with Gasteiger partial charge in [-0.15, -0.1) is 0 Å². The molecule has 0 aliphatic carbocycles. The van der Waals surface area contributed by atoms with Crippen LogP contribution in [0.1, 0.15) is 36.2 Å². The number of aryl methyl sites for hydroxylation is 1. The quantitative estimate of drug-likeness (QED) is 0.822. The average Bonchev–Trinajstić information content (AvgIpc) is 2.91. The van der Waals surface area contributed by atoms with Crippen molar-refractivity contribution in [3.05, 3.63) is 47.3 Å². The first kappa shape index (κ1) is 18.1. The van der Waals surface area contributed by atoms with E-state index in [1.807, 2.05) is 48.9 Å². The number of hydrogen-bond donors (Lipinski definition) is 0. The van der Waals surface area contributed by atoms with Crippen molar-refractivity contribution >= 4 is 10.2 Å². The van der Waals surface area contributed by atoms with E-state index in [4.69, 9.17) is 0 Å². The first-order chi connectivity index (χ1) is 11.9. The van der Waals surface area contributed by atoms with Gasteiger partial charge in [0.05, 0.1) is 11.4 Å². The van der Waals surface area contributed by atoms with E-state index in [-0.39, 0.29) is 0 Å². The molecule has 2 aromatic rings. The lowest BCUT2D eigenvalue weighted by Gasteiger charge is -2.30. The fourth-order valence-electron chi connectivity index (χ4n) is 3.32. The summed E-state index contributed by atoms with van der Waals surface area (Å²) in [6.07, 6.45) is 2.99. The maximum atomic E-state index is 12.8. The minimum atomic E-state index is -3.42. The van der Waals surface area contributed by atoms with Crippen LogP contribution in [0.25, 0.3) is 5.69 Å². The summed E-state index contributed by atoms with van der Waals surface area (Å²) < 4.78 is 30.6. The third-order valence-corrected chi connectivity index (χ3v) is 6.79. The molecule has 136 valence electrons. The van der Waals surface area contributed by atoms with Gasteiger partial charge in [0.1, 0.15) is 0 Å². The lowest BCUT2D eigenvalue weighted by molar-refractivity contribution is 0.314. The molecule has 1 fully saturated rings. The standard InChI is InChI=1S/C18H26N4O2S/c1-15-18(16(2)22(19-15)17-10-6-4-7-11-17)14-20(3)25(23,24)21-12-8-5-9-13-21/h4,6-7,10-11H,5,8-9,12-14H2,1-3H3. The molecule has 0 spiro atoms. The van der Waals surface area contributed by atoms with Crippen LogP contribution < -0.4 is 0 Å². The Bertz CT molecular complexity index is 824. The Morgan fingerprint density at radius 1 is 1.08 bits per heavy atom. The fourth-order valence-corrected chi connectivity index (χ4v) is 4.73. The first-order valence-electron chi connectivity index (χ1n) is 8.73. The summed E-state index contributed by atoms with van der Waals surface area (Å²) in [7, 11) is -1.76. The minimum Gasteiger partial charge on any atom is -0.238 e. The van der Waals surface area contributed by atoms with Crippen LogP contribution in [0.2, 0.25) is 0 Å². The number of piperidine rings is 1. The van der Waals surface area contributed by atoms with Crippen LogP contribution in [-0.4, -0.2) is 46.9 Å². The Morgan fingerprint density at radius 2 is 1.72 bits per heavy atom. The summed E-state index contributed by atoms with van der Waals surface area (Å²) in [6.45, 7) is 5.50. The molecule has 1 saturated heterocycles. The molecule has 0 unspecified atom stereocenters. The van der Waals surface area contributed by atoms with E-state index in [1.54, 1.807) is 11.4 Å². The van der Waals surface area contributed by atoms with Gasteiger partial charge in [0.2, 0.25) is 0 Å². The number of benzene rings is 1. The zero-order valence-electron chi connectivity index (χ0n) is 15.1. The summed E-state index contributed by atoms with van der Waals surface area (Å²) >= 11 is 0. The monoisotopic (exact) mass is 362 g/mol. The SMILES string of the molecule is Cc1nn(-c2ccccc2)c(C)c1CN(C)S(=O)(=O)N1CCCCC1. The predicted octanol–water partition coefficient (Wildman–Crippen LogP) is 2.65. The average molecular weight is 362 g/mol. The van der Waals surface area contributed by atoms with Crippen LogP contribution in [-0.2, 0) is 16.8 Å². The van der Waals surface area contributed by atoms with Crippen LogP contribution >= 0.6 is 0 Å². The van der Waals surface area contributed by atoms with Crippen LogP contribution in [0.5, 0.6) is 0 Å². The molecule has 1 aliphatic rings. The molecule has 0 N–H and O–H groups in total. The smallest absolute Gasteiger partial charge is 0.238 e. The van der Waals surface area contributed by atoms with E-state index in [0.717, 1.165) is 41.9 Å². The zero-order chi connectivity index (χ0) is 18.0. The van der Waals surface area contributed by atoms with Gasteiger partial charge in [-0.05, 0) is 38.8 Å². The number of aromatic nitrogens is 2. The van der Waals surface area contributed by atoms with Crippen molar-refractivity contribution in [1.82, 2.24) is 18.4 Å². The topological polar surface area (TPSA) is 58.4 Å². The molecule has 2 heterocycles. The van der Waals surface area contributed by atoms with Crippen LogP contribution in [0.15, 0.2) is 30.3 Å². The highest BCUT2D eigenvalue weighted by molar-refractivity contribution is 7.86. The first-order valence-corrected chi connectivity index (χ1v) is 10.1. The normalized spacial score (nSPS) is 16.5. The lowest BCUT2D eigenvalue weighted by Crippen LogP contribution is -2.44. The van der Waals surface area contributed by atoms with Crippen LogP contribution in [0, 0.1) is 13.8 Å². The third kappa shape index (κ3) is 3.63. The highest BCUT2D eigenvalue weighted by Gasteiger charge is 2.29. The molecule has 6 nitrogen and oxygen atoms in total. The maximum Gasteiger partial charge on any atom is 0.282 e. The Kier molecular flexibility index (Phi) is 5.27. The molecule has 0 amide bonds. The van der Waals surface area contributed by atoms with Crippen molar-refractivity contribution in [2.45, 2.75) is 39.7 Å². The molecule has 0 radical (unpaired) electrons. The Labute approximate surface area is 150 Å². The number of rotatable bonds is 5. The van der Waals surface area contributed by atoms with E-state index in [9.17, 15) is 8.42 Å². The van der Waals surface area contributed by atoms with Crippen LogP contribution in [0.4, 0.5) is 0 Å². The Balaban J connectivity index is 1.84. The van der Waals surface area contributed by atoms with E-state index in [1.165, 1.54) is 4.31 Å². The summed E-state index contributed by atoms with van der Waals surface area (Å²) in [4.78, 5) is 0. The molecule has 7 heteroatoms. The van der Waals surface area contributed by atoms with E-state index in [0.29, 0.717) is 19.6 Å². The van der Waals surface area contributed by atoms with Crippen molar-refractivity contribution in [1.29, 1.82) is 0 Å². The van der Waals surface area contributed by atoms with Gasteiger partial charge in [0.15, 0.2) is 0 Å². The molecule has 0 atom stereocenters. The second kappa shape index (κ2) is 7.27. The molecule has 25 heavy (non-hydrogen) atoms. The molecule has 1 aliphatic heterocycles. The number of nitrogens with zero attached hydrogens (tertiary/aromatic N) is 4. The summed E-state index contributed by atoms with van der Waals surface area (Å²) in [5, 5.41) is 4.61. The largest absolute Gasteiger partial charge is 0.282 e. The van der Waals surface area contributed by atoms with Gasteiger partial charge in [-0.1, -0.05) is 24.6 Å². The molecule has 3 rings (SSSR count). The van der Waals surface area contributed by atoms with Gasteiger partial charge < -0.3 is 0 Å². The van der Waals surface area contributed by atoms with Gasteiger partial charge in [-0.2, -0.15) is 22.1 Å². The van der Waals surface area contributed by atoms with Crippen molar-refractivity contribution in [3.8, 4) is 5.69 Å². The van der Waals surface area contributed by atoms with Gasteiger partial charge in [-0.25, -0.2) is 4.68 Å². The van der Waals surface area contributed by atoms with Gasteiger partial charge in [0, 0.05) is 37.9 Å². The van der Waals surface area contributed by atoms with E-state index >= 15 is 0 Å². The maximum absolute atomic E-state index is 12.8. The molecule has 0 bridgehead atoms. The van der Waals surface area contributed by atoms with Crippen molar-refractivity contribution in [2.75, 3.05) is 20.1 Å². The molecular formula is C18H26N4O2S. The van der Waals surface area contributed by atoms with Gasteiger partial charge >= 0.3 is 0 Å². The molecule has 1 aromatic heterocycles. The third-order valence-electron chi connectivity index (χ3n) is 4.86. The highest BCUT2D eigenvalue weighted by atomic mass is 32.2. The van der Waals surface area contributed by atoms with E-state index in [2.05, 4.69) is 5.10 Å². The van der Waals surface area contributed by atoms with Crippen molar-refractivity contribution < 1.29 is 8.42 Å². The van der Waals surface area contributed by atoms with Crippen molar-refractivity contribution in [2.24, 2.45) is 0 Å². The summed E-state index contributed by atoms with van der Waals surface area (Å²) in [5.74, 6) is 0. The Hall–Kier alpha value is -1.70. The van der Waals surface area contributed by atoms with Gasteiger partial charge in [0.25, 0.3) is 10.2 Å². The second-order valence-electron chi connectivity index (χ2n) is 6.62. The predicted molar refractivity (Wildman–Crippen MR) is 98.8 cm³/mol. The second-order valence-corrected chi connectivity index (χ2v) is 8.66. The number of hydrogen-bond acceptors (Lipinski definition) is 3. The van der Waals surface area contributed by atoms with Crippen molar-refractivity contribution in [3.63, 3.8) is 0 Å².